The van der Waals surface area contributed by atoms with Gasteiger partial charge in [0.25, 0.3) is 0 Å². The number of hydrogen-bond donors (Lipinski definition) is 1. The second kappa shape index (κ2) is 5.44. The first kappa shape index (κ1) is 12.4. The zero-order chi connectivity index (χ0) is 11.3. The third kappa shape index (κ3) is 4.15. The highest BCUT2D eigenvalue weighted by Gasteiger charge is 2.37. The molecule has 0 aromatic rings. The largest absolute Gasteiger partial charge is 0.481 e. The second-order valence-electron chi connectivity index (χ2n) is 3.88. The summed E-state index contributed by atoms with van der Waals surface area (Å²) in [6, 6.07) is 0. The average molecular weight is 218 g/mol. The average Bonchev–Trinajstić information content (AvgIpc) is 2.47. The number of methoxy groups -OCH3 is 1. The molecule has 0 aromatic heterocycles. The van der Waals surface area contributed by atoms with E-state index in [9.17, 15) is 4.79 Å². The van der Waals surface area contributed by atoms with Crippen molar-refractivity contribution in [2.45, 2.75) is 38.1 Å². The normalized spacial score (nSPS) is 30.7. The van der Waals surface area contributed by atoms with Crippen LogP contribution in [0, 0.1) is 0 Å². The quantitative estimate of drug-likeness (QED) is 0.674. The van der Waals surface area contributed by atoms with Crippen LogP contribution in [0.15, 0.2) is 0 Å². The van der Waals surface area contributed by atoms with Crippen LogP contribution in [0.1, 0.15) is 26.2 Å². The molecule has 5 heteroatoms. The topological polar surface area (TPSA) is 65.0 Å². The molecule has 0 aliphatic carbocycles. The maximum absolute atomic E-state index is 10.5. The van der Waals surface area contributed by atoms with Crippen molar-refractivity contribution < 1.29 is 24.1 Å². The molecule has 0 bridgehead atoms. The maximum Gasteiger partial charge on any atom is 0.306 e. The van der Waals surface area contributed by atoms with Crippen LogP contribution < -0.4 is 0 Å². The molecule has 1 aliphatic rings. The fourth-order valence-electron chi connectivity index (χ4n) is 1.65. The monoisotopic (exact) mass is 218 g/mol. The van der Waals surface area contributed by atoms with Gasteiger partial charge in [-0.3, -0.25) is 4.79 Å². The van der Waals surface area contributed by atoms with Crippen LogP contribution in [0.4, 0.5) is 0 Å². The lowest BCUT2D eigenvalue weighted by Gasteiger charge is -2.22. The van der Waals surface area contributed by atoms with Crippen LogP contribution in [0.25, 0.3) is 0 Å². The smallest absolute Gasteiger partial charge is 0.306 e. The SMILES string of the molecule is COCCCC1(C)OCC(CC(=O)O)O1. The number of carboxylic acids is 1. The summed E-state index contributed by atoms with van der Waals surface area (Å²) in [7, 11) is 1.64. The Bertz CT molecular complexity index is 218. The zero-order valence-electron chi connectivity index (χ0n) is 9.19. The molecule has 1 aliphatic heterocycles. The maximum atomic E-state index is 10.5. The summed E-state index contributed by atoms with van der Waals surface area (Å²) >= 11 is 0. The number of ether oxygens (including phenoxy) is 3. The van der Waals surface area contributed by atoms with E-state index in [2.05, 4.69) is 0 Å². The van der Waals surface area contributed by atoms with Gasteiger partial charge < -0.3 is 19.3 Å². The number of carbonyl (C=O) groups is 1. The van der Waals surface area contributed by atoms with Crippen molar-refractivity contribution in [2.24, 2.45) is 0 Å². The van der Waals surface area contributed by atoms with E-state index in [1.165, 1.54) is 0 Å². The highest BCUT2D eigenvalue weighted by Crippen LogP contribution is 2.29. The summed E-state index contributed by atoms with van der Waals surface area (Å²) in [6.07, 6.45) is 1.24. The highest BCUT2D eigenvalue weighted by atomic mass is 16.7. The summed E-state index contributed by atoms with van der Waals surface area (Å²) in [4.78, 5) is 10.5. The zero-order valence-corrected chi connectivity index (χ0v) is 9.19. The predicted molar refractivity (Wildman–Crippen MR) is 52.6 cm³/mol. The second-order valence-corrected chi connectivity index (χ2v) is 3.88. The van der Waals surface area contributed by atoms with E-state index in [-0.39, 0.29) is 12.5 Å². The van der Waals surface area contributed by atoms with Crippen LogP contribution >= 0.6 is 0 Å². The molecule has 15 heavy (non-hydrogen) atoms. The molecule has 0 saturated carbocycles. The minimum Gasteiger partial charge on any atom is -0.481 e. The Hall–Kier alpha value is -0.650. The van der Waals surface area contributed by atoms with Gasteiger partial charge in [0, 0.05) is 20.1 Å². The van der Waals surface area contributed by atoms with Crippen molar-refractivity contribution in [1.29, 1.82) is 0 Å². The lowest BCUT2D eigenvalue weighted by Crippen LogP contribution is -2.27. The summed E-state index contributed by atoms with van der Waals surface area (Å²) in [5.74, 6) is -1.50. The fourth-order valence-corrected chi connectivity index (χ4v) is 1.65. The summed E-state index contributed by atoms with van der Waals surface area (Å²) in [5.41, 5.74) is 0. The Balaban J connectivity index is 2.29. The van der Waals surface area contributed by atoms with Gasteiger partial charge in [-0.05, 0) is 13.3 Å². The van der Waals surface area contributed by atoms with Gasteiger partial charge in [0.2, 0.25) is 0 Å². The summed E-state index contributed by atoms with van der Waals surface area (Å²) in [6.45, 7) is 2.85. The van der Waals surface area contributed by atoms with Gasteiger partial charge in [0.05, 0.1) is 19.1 Å². The van der Waals surface area contributed by atoms with E-state index in [4.69, 9.17) is 19.3 Å². The first-order chi connectivity index (χ1) is 7.06. The first-order valence-electron chi connectivity index (χ1n) is 5.08. The Morgan fingerprint density at radius 2 is 2.40 bits per heavy atom. The van der Waals surface area contributed by atoms with Crippen molar-refractivity contribution >= 4 is 5.97 Å². The van der Waals surface area contributed by atoms with E-state index < -0.39 is 11.8 Å². The van der Waals surface area contributed by atoms with Crippen LogP contribution in [0.3, 0.4) is 0 Å². The number of carboxylic acid groups (broad SMARTS) is 1. The minimum atomic E-state index is -0.857. The molecule has 1 rings (SSSR count). The molecule has 5 nitrogen and oxygen atoms in total. The standard InChI is InChI=1S/C10H18O5/c1-10(4-3-5-13-2)14-7-8(15-10)6-9(11)12/h8H,3-7H2,1-2H3,(H,11,12). The highest BCUT2D eigenvalue weighted by molar-refractivity contribution is 5.67. The van der Waals surface area contributed by atoms with Crippen LogP contribution in [0.2, 0.25) is 0 Å². The van der Waals surface area contributed by atoms with Gasteiger partial charge in [-0.1, -0.05) is 0 Å². The van der Waals surface area contributed by atoms with Gasteiger partial charge in [0.15, 0.2) is 5.79 Å². The lowest BCUT2D eigenvalue weighted by atomic mass is 10.2. The van der Waals surface area contributed by atoms with Gasteiger partial charge in [0.1, 0.15) is 0 Å². The van der Waals surface area contributed by atoms with E-state index in [1.807, 2.05) is 6.92 Å². The van der Waals surface area contributed by atoms with Crippen LogP contribution in [-0.4, -0.2) is 43.3 Å². The molecule has 1 fully saturated rings. The Morgan fingerprint density at radius 3 is 3.00 bits per heavy atom. The first-order valence-corrected chi connectivity index (χ1v) is 5.08. The number of rotatable bonds is 6. The fraction of sp³-hybridized carbons (Fsp3) is 0.900. The van der Waals surface area contributed by atoms with Gasteiger partial charge in [-0.15, -0.1) is 0 Å². The van der Waals surface area contributed by atoms with Gasteiger partial charge in [-0.2, -0.15) is 0 Å². The Morgan fingerprint density at radius 1 is 1.67 bits per heavy atom. The summed E-state index contributed by atoms with van der Waals surface area (Å²) in [5, 5.41) is 8.60. The number of hydrogen-bond acceptors (Lipinski definition) is 4. The molecular weight excluding hydrogens is 200 g/mol. The van der Waals surface area contributed by atoms with Crippen LogP contribution in [-0.2, 0) is 19.0 Å². The molecule has 0 aromatic carbocycles. The molecule has 0 radical (unpaired) electrons. The van der Waals surface area contributed by atoms with E-state index in [1.54, 1.807) is 7.11 Å². The predicted octanol–water partition coefficient (Wildman–Crippen LogP) is 1.02. The van der Waals surface area contributed by atoms with Gasteiger partial charge in [-0.25, -0.2) is 0 Å². The molecular formula is C10H18O5. The Kier molecular flexibility index (Phi) is 4.50. The molecule has 2 atom stereocenters. The minimum absolute atomic E-state index is 0.000131. The lowest BCUT2D eigenvalue weighted by molar-refractivity contribution is -0.164. The van der Waals surface area contributed by atoms with Crippen molar-refractivity contribution in [3.63, 3.8) is 0 Å². The van der Waals surface area contributed by atoms with Gasteiger partial charge >= 0.3 is 5.97 Å². The van der Waals surface area contributed by atoms with Crippen molar-refractivity contribution in [3.05, 3.63) is 0 Å². The summed E-state index contributed by atoms with van der Waals surface area (Å²) < 4.78 is 15.9. The number of aliphatic carboxylic acids is 1. The van der Waals surface area contributed by atoms with E-state index >= 15 is 0 Å². The van der Waals surface area contributed by atoms with E-state index in [0.29, 0.717) is 13.2 Å². The molecule has 1 saturated heterocycles. The van der Waals surface area contributed by atoms with Crippen molar-refractivity contribution in [2.75, 3.05) is 20.3 Å². The molecule has 0 spiro atoms. The molecule has 1 N–H and O–H groups in total. The Labute approximate surface area is 89.3 Å². The third-order valence-corrected chi connectivity index (χ3v) is 2.37. The molecule has 1 heterocycles. The van der Waals surface area contributed by atoms with Crippen molar-refractivity contribution in [1.82, 2.24) is 0 Å². The van der Waals surface area contributed by atoms with Crippen molar-refractivity contribution in [3.8, 4) is 0 Å². The molecule has 0 amide bonds. The van der Waals surface area contributed by atoms with E-state index in [0.717, 1.165) is 12.8 Å². The third-order valence-electron chi connectivity index (χ3n) is 2.37. The molecule has 88 valence electrons. The molecule has 2 unspecified atom stereocenters. The van der Waals surface area contributed by atoms with Crippen LogP contribution in [0.5, 0.6) is 0 Å².